The molecule has 3 fully saturated rings. The fraction of sp³-hybridized carbons (Fsp3) is 0.535. The molecule has 5 aliphatic rings. The molecule has 0 radical (unpaired) electrons. The van der Waals surface area contributed by atoms with Crippen LogP contribution in [0.3, 0.4) is 0 Å². The van der Waals surface area contributed by atoms with Gasteiger partial charge in [0.2, 0.25) is 17.5 Å². The molecule has 5 heterocycles. The highest BCUT2D eigenvalue weighted by Gasteiger charge is 2.72. The Labute approximate surface area is 365 Å². The van der Waals surface area contributed by atoms with Crippen LogP contribution in [-0.2, 0) is 30.3 Å². The minimum Gasteiger partial charge on any atom is -0.427 e. The van der Waals surface area contributed by atoms with Crippen molar-refractivity contribution in [3.63, 3.8) is 0 Å². The first-order chi connectivity index (χ1) is 27.5. The Morgan fingerprint density at radius 2 is 1.85 bits per heavy atom. The highest BCUT2D eigenvalue weighted by molar-refractivity contribution is 9.10. The van der Waals surface area contributed by atoms with E-state index in [9.17, 15) is 24.3 Å². The molecule has 13 nitrogen and oxygen atoms in total. The number of likely N-dealkylation sites (N-methyl/N-ethyl adjacent to an activating group) is 2. The number of aromatic nitrogens is 1. The van der Waals surface area contributed by atoms with Crippen molar-refractivity contribution in [2.75, 3.05) is 33.7 Å². The summed E-state index contributed by atoms with van der Waals surface area (Å²) in [5, 5.41) is 19.2. The molecular weight excluding hydrogens is 863 g/mol. The van der Waals surface area contributed by atoms with Gasteiger partial charge in [-0.1, -0.05) is 58.0 Å². The predicted octanol–water partition coefficient (Wildman–Crippen LogP) is 5.73. The largest absolute Gasteiger partial charge is 0.427 e. The summed E-state index contributed by atoms with van der Waals surface area (Å²) < 4.78 is 12.3. The number of halogens is 3. The minimum atomic E-state index is -2.01. The van der Waals surface area contributed by atoms with E-state index in [2.05, 4.69) is 48.6 Å². The fourth-order valence-electron chi connectivity index (χ4n) is 9.35. The number of piperazine rings is 1. The molecule has 3 aromatic rings. The first kappa shape index (κ1) is 45.0. The lowest BCUT2D eigenvalue weighted by molar-refractivity contribution is -0.322. The number of fused-ring (bicyclic) bond motifs is 5. The molecule has 2 aromatic carbocycles. The molecule has 0 bridgehead atoms. The van der Waals surface area contributed by atoms with Gasteiger partial charge in [0.1, 0.15) is 17.8 Å². The van der Waals surface area contributed by atoms with Gasteiger partial charge in [-0.15, -0.1) is 24.0 Å². The van der Waals surface area contributed by atoms with E-state index < -0.39 is 41.5 Å². The Morgan fingerprint density at radius 1 is 1.14 bits per heavy atom. The molecule has 1 aliphatic carbocycles. The van der Waals surface area contributed by atoms with Gasteiger partial charge in [0.05, 0.1) is 15.9 Å². The Bertz CT molecular complexity index is 2130. The number of carbonyl (C=O) groups is 4. The summed E-state index contributed by atoms with van der Waals surface area (Å²) in [6.45, 7) is 10.6. The van der Waals surface area contributed by atoms with Gasteiger partial charge in [-0.05, 0) is 102 Å². The predicted molar refractivity (Wildman–Crippen MR) is 232 cm³/mol. The van der Waals surface area contributed by atoms with Crippen molar-refractivity contribution < 1.29 is 33.8 Å². The summed E-state index contributed by atoms with van der Waals surface area (Å²) in [4.78, 5) is 61.5. The number of alkyl halides is 1. The van der Waals surface area contributed by atoms with Crippen molar-refractivity contribution in [2.45, 2.75) is 95.4 Å². The molecule has 1 unspecified atom stereocenters. The number of nitrogens with one attached hydrogen (secondary N) is 3. The van der Waals surface area contributed by atoms with Gasteiger partial charge in [0, 0.05) is 49.4 Å². The van der Waals surface area contributed by atoms with Crippen molar-refractivity contribution in [3.05, 3.63) is 69.8 Å². The average Bonchev–Trinajstić information content (AvgIpc) is 3.86. The summed E-state index contributed by atoms with van der Waals surface area (Å²) in [5.74, 6) is -3.79. The first-order valence-corrected chi connectivity index (χ1v) is 21.4. The third-order valence-electron chi connectivity index (χ3n) is 12.1. The zero-order valence-electron chi connectivity index (χ0n) is 34.5. The van der Waals surface area contributed by atoms with Crippen LogP contribution in [0, 0.1) is 17.8 Å². The number of hydrogen-bond acceptors (Lipinski definition) is 9. The highest BCUT2D eigenvalue weighted by atomic mass is 79.9. The Kier molecular flexibility index (Phi) is 13.3. The van der Waals surface area contributed by atoms with E-state index in [1.54, 1.807) is 30.9 Å². The van der Waals surface area contributed by atoms with Crippen LogP contribution in [0.4, 0.5) is 0 Å². The number of aliphatic hydroxyl groups is 1. The molecular formula is C43H55BrCl2N6O7. The quantitative estimate of drug-likeness (QED) is 0.120. The molecule has 16 heteroatoms. The summed E-state index contributed by atoms with van der Waals surface area (Å²) in [6, 6.07) is 11.9. The molecule has 4 aliphatic heterocycles. The molecule has 4 N–H and O–H groups in total. The summed E-state index contributed by atoms with van der Waals surface area (Å²) in [5.41, 5.74) is 3.68. The van der Waals surface area contributed by atoms with E-state index in [0.717, 1.165) is 39.7 Å². The lowest BCUT2D eigenvalue weighted by Gasteiger charge is -2.49. The third-order valence-corrected chi connectivity index (χ3v) is 13.2. The molecule has 3 saturated heterocycles. The van der Waals surface area contributed by atoms with Gasteiger partial charge in [-0.2, -0.15) is 0 Å². The number of ether oxygens (including phenoxy) is 2. The van der Waals surface area contributed by atoms with E-state index in [-0.39, 0.29) is 47.5 Å². The number of esters is 1. The fourth-order valence-corrected chi connectivity index (χ4v) is 10.2. The van der Waals surface area contributed by atoms with E-state index >= 15 is 0 Å². The summed E-state index contributed by atoms with van der Waals surface area (Å²) in [6.07, 6.45) is 4.49. The van der Waals surface area contributed by atoms with Crippen molar-refractivity contribution in [1.82, 2.24) is 30.3 Å². The number of benzene rings is 2. The number of H-pyrrole nitrogens is 1. The van der Waals surface area contributed by atoms with Gasteiger partial charge in [0.15, 0.2) is 0 Å². The number of nitrogens with zero attached hydrogens (tertiary/aromatic N) is 3. The molecule has 7 atom stereocenters. The molecule has 3 amide bonds. The van der Waals surface area contributed by atoms with Crippen LogP contribution < -0.4 is 15.4 Å². The first-order valence-electron chi connectivity index (χ1n) is 20.2. The summed E-state index contributed by atoms with van der Waals surface area (Å²) in [7, 11) is 3.88. The third kappa shape index (κ3) is 8.06. The van der Waals surface area contributed by atoms with Gasteiger partial charge in [-0.25, -0.2) is 0 Å². The normalized spacial score (nSPS) is 27.7. The molecule has 1 aromatic heterocycles. The van der Waals surface area contributed by atoms with E-state index in [4.69, 9.17) is 21.1 Å². The van der Waals surface area contributed by atoms with E-state index in [1.165, 1.54) is 22.8 Å². The van der Waals surface area contributed by atoms with Crippen molar-refractivity contribution in [1.29, 1.82) is 0 Å². The molecule has 8 rings (SSSR count). The number of rotatable bonds is 9. The van der Waals surface area contributed by atoms with Gasteiger partial charge < -0.3 is 30.4 Å². The Balaban J connectivity index is 0.000000311. The maximum absolute atomic E-state index is 14.4. The molecule has 0 spiro atoms. The molecule has 59 heavy (non-hydrogen) atoms. The monoisotopic (exact) mass is 916 g/mol. The minimum absolute atomic E-state index is 0. The van der Waals surface area contributed by atoms with Crippen molar-refractivity contribution in [2.24, 2.45) is 17.8 Å². The summed E-state index contributed by atoms with van der Waals surface area (Å²) >= 11 is 9.79. The van der Waals surface area contributed by atoms with Crippen LogP contribution in [0.5, 0.6) is 5.75 Å². The SMILES string of the molecule is CC(C)C[C@H]1C(=O)N2CCC[C@H]2[C@]2(O)O[C@](NC(=O)[C@@H]3C=C4c5cccc6[nH]c(Br)c(c56)C[C@H]4N(C)C3)(C(C)C)C(=O)N12.CNCC(Cl)c1ccc(OC(C)=O)cc1.Cl. The second-order valence-electron chi connectivity index (χ2n) is 16.9. The number of aromatic amines is 1. The van der Waals surface area contributed by atoms with Crippen LogP contribution in [0.25, 0.3) is 16.5 Å². The zero-order chi connectivity index (χ0) is 41.8. The number of carbonyl (C=O) groups excluding carboxylic acids is 4. The highest BCUT2D eigenvalue weighted by Crippen LogP contribution is 2.49. The van der Waals surface area contributed by atoms with Crippen LogP contribution in [-0.4, -0.2) is 112 Å². The topological polar surface area (TPSA) is 157 Å². The second kappa shape index (κ2) is 17.5. The average molecular weight is 919 g/mol. The lowest BCUT2D eigenvalue weighted by Crippen LogP contribution is -2.71. The number of hydrogen-bond donors (Lipinski definition) is 4. The van der Waals surface area contributed by atoms with E-state index in [0.29, 0.717) is 38.2 Å². The van der Waals surface area contributed by atoms with Crippen LogP contribution >= 0.6 is 39.9 Å². The maximum Gasteiger partial charge on any atom is 0.308 e. The number of amides is 3. The van der Waals surface area contributed by atoms with Crippen LogP contribution in [0.2, 0.25) is 0 Å². The van der Waals surface area contributed by atoms with Gasteiger partial charge in [0.25, 0.3) is 11.8 Å². The van der Waals surface area contributed by atoms with Gasteiger partial charge in [-0.3, -0.25) is 33.7 Å². The molecule has 320 valence electrons. The smallest absolute Gasteiger partial charge is 0.308 e. The van der Waals surface area contributed by atoms with Gasteiger partial charge >= 0.3 is 5.97 Å². The van der Waals surface area contributed by atoms with Crippen molar-refractivity contribution in [3.8, 4) is 5.75 Å². The van der Waals surface area contributed by atoms with Crippen LogP contribution in [0.1, 0.15) is 75.9 Å². The Hall–Kier alpha value is -3.50. The maximum atomic E-state index is 14.4. The molecule has 0 saturated carbocycles. The zero-order valence-corrected chi connectivity index (χ0v) is 37.7. The standard InChI is InChI=1S/C32H40BrN5O5.C11H14ClNO2.ClH/c1-16(2)12-24-29(40)37-11-7-10-25(37)32(42)38(24)30(41)31(43-32,17(3)4)35-28(39)18-13-20-19-8-6-9-22-26(19)21(27(33)34-22)14-23(20)36(5)15-18;1-8(14)15-10-5-3-9(4-6-10)11(12)7-13-2;/h6,8-9,13,16-18,23-25,34,42H,7,10-12,14-15H2,1-5H3,(H,35,39);3-6,11,13H,7H2,1-2H3;1H/t18-,23-,24+,25+,31-,32+;;/m1../s1. The second-order valence-corrected chi connectivity index (χ2v) is 18.2. The van der Waals surface area contributed by atoms with Crippen LogP contribution in [0.15, 0.2) is 53.1 Å². The van der Waals surface area contributed by atoms with E-state index in [1.807, 2.05) is 52.2 Å². The Morgan fingerprint density at radius 3 is 2.49 bits per heavy atom. The van der Waals surface area contributed by atoms with Crippen molar-refractivity contribution >= 4 is 80.1 Å². The lowest BCUT2D eigenvalue weighted by atomic mass is 9.79.